The lowest BCUT2D eigenvalue weighted by Gasteiger charge is -2.01. The minimum absolute atomic E-state index is 1.32. The molecule has 2 heteroatoms. The standard InChI is InChI=1S/C16H14S2/c1-11-15(14-9-6-10-17-14)12(2)18-16(11)13-7-4-3-5-8-13/h3-10H,1-2H3. The van der Waals surface area contributed by atoms with Crippen molar-refractivity contribution >= 4 is 22.7 Å². The summed E-state index contributed by atoms with van der Waals surface area (Å²) >= 11 is 3.72. The van der Waals surface area contributed by atoms with Crippen molar-refractivity contribution in [2.24, 2.45) is 0 Å². The molecule has 0 spiro atoms. The van der Waals surface area contributed by atoms with Crippen LogP contribution in [0.2, 0.25) is 0 Å². The van der Waals surface area contributed by atoms with E-state index in [4.69, 9.17) is 0 Å². The van der Waals surface area contributed by atoms with E-state index >= 15 is 0 Å². The second-order valence-corrected chi connectivity index (χ2v) is 6.50. The molecule has 2 heterocycles. The molecule has 3 rings (SSSR count). The van der Waals surface area contributed by atoms with Crippen LogP contribution in [-0.4, -0.2) is 0 Å². The van der Waals surface area contributed by atoms with Crippen LogP contribution in [0.5, 0.6) is 0 Å². The highest BCUT2D eigenvalue weighted by molar-refractivity contribution is 7.17. The zero-order valence-electron chi connectivity index (χ0n) is 10.4. The molecule has 0 bridgehead atoms. The van der Waals surface area contributed by atoms with Crippen LogP contribution in [0.3, 0.4) is 0 Å². The summed E-state index contributed by atoms with van der Waals surface area (Å²) in [4.78, 5) is 4.19. The Bertz CT molecular complexity index is 646. The Morgan fingerprint density at radius 1 is 0.889 bits per heavy atom. The predicted molar refractivity (Wildman–Crippen MR) is 82.5 cm³/mol. The van der Waals surface area contributed by atoms with Crippen molar-refractivity contribution in [3.63, 3.8) is 0 Å². The molecule has 0 fully saturated rings. The smallest absolute Gasteiger partial charge is 0.0381 e. The number of aryl methyl sites for hydroxylation is 1. The number of hydrogen-bond acceptors (Lipinski definition) is 2. The first-order valence-corrected chi connectivity index (χ1v) is 7.66. The minimum Gasteiger partial charge on any atom is -0.144 e. The van der Waals surface area contributed by atoms with Gasteiger partial charge in [-0.05, 0) is 36.4 Å². The third kappa shape index (κ3) is 1.92. The minimum atomic E-state index is 1.32. The van der Waals surface area contributed by atoms with E-state index in [1.807, 2.05) is 22.7 Å². The molecule has 0 saturated carbocycles. The van der Waals surface area contributed by atoms with Crippen molar-refractivity contribution in [1.29, 1.82) is 0 Å². The van der Waals surface area contributed by atoms with Crippen molar-refractivity contribution in [3.05, 3.63) is 58.3 Å². The summed E-state index contributed by atoms with van der Waals surface area (Å²) in [7, 11) is 0. The molecule has 0 nitrogen and oxygen atoms in total. The van der Waals surface area contributed by atoms with E-state index in [9.17, 15) is 0 Å². The van der Waals surface area contributed by atoms with Gasteiger partial charge >= 0.3 is 0 Å². The first-order chi connectivity index (χ1) is 8.77. The van der Waals surface area contributed by atoms with Gasteiger partial charge in [0.15, 0.2) is 0 Å². The Morgan fingerprint density at radius 2 is 1.67 bits per heavy atom. The number of hydrogen-bond donors (Lipinski definition) is 0. The van der Waals surface area contributed by atoms with E-state index < -0.39 is 0 Å². The average Bonchev–Trinajstić information content (AvgIpc) is 2.99. The van der Waals surface area contributed by atoms with Crippen molar-refractivity contribution in [1.82, 2.24) is 0 Å². The molecule has 2 aromatic heterocycles. The van der Waals surface area contributed by atoms with Gasteiger partial charge in [-0.25, -0.2) is 0 Å². The first-order valence-electron chi connectivity index (χ1n) is 5.96. The third-order valence-corrected chi connectivity index (χ3v) is 5.27. The lowest BCUT2D eigenvalue weighted by atomic mass is 10.0. The summed E-state index contributed by atoms with van der Waals surface area (Å²) in [6.45, 7) is 4.46. The van der Waals surface area contributed by atoms with E-state index in [1.54, 1.807) is 0 Å². The fourth-order valence-electron chi connectivity index (χ4n) is 2.30. The van der Waals surface area contributed by atoms with E-state index in [-0.39, 0.29) is 0 Å². The molecule has 0 unspecified atom stereocenters. The van der Waals surface area contributed by atoms with E-state index in [2.05, 4.69) is 61.7 Å². The molecule has 1 aromatic carbocycles. The van der Waals surface area contributed by atoms with E-state index in [0.717, 1.165) is 0 Å². The van der Waals surface area contributed by atoms with Crippen LogP contribution in [0.1, 0.15) is 10.4 Å². The van der Waals surface area contributed by atoms with Gasteiger partial charge < -0.3 is 0 Å². The Morgan fingerprint density at radius 3 is 2.33 bits per heavy atom. The second kappa shape index (κ2) is 4.71. The van der Waals surface area contributed by atoms with Crippen molar-refractivity contribution < 1.29 is 0 Å². The summed E-state index contributed by atoms with van der Waals surface area (Å²) in [5.74, 6) is 0. The summed E-state index contributed by atoms with van der Waals surface area (Å²) in [6, 6.07) is 15.0. The van der Waals surface area contributed by atoms with Crippen LogP contribution in [-0.2, 0) is 0 Å². The lowest BCUT2D eigenvalue weighted by molar-refractivity contribution is 1.50. The molecule has 0 amide bonds. The summed E-state index contributed by atoms with van der Waals surface area (Å²) in [5.41, 5.74) is 4.16. The Labute approximate surface area is 116 Å². The van der Waals surface area contributed by atoms with Gasteiger partial charge in [0.2, 0.25) is 0 Å². The zero-order chi connectivity index (χ0) is 12.5. The number of thiophene rings is 2. The topological polar surface area (TPSA) is 0 Å². The molecule has 0 saturated heterocycles. The van der Waals surface area contributed by atoms with Gasteiger partial charge in [-0.3, -0.25) is 0 Å². The SMILES string of the molecule is Cc1sc(-c2ccccc2)c(C)c1-c1cccs1. The molecule has 0 atom stereocenters. The summed E-state index contributed by atoms with van der Waals surface area (Å²) in [5, 5.41) is 2.15. The average molecular weight is 270 g/mol. The number of benzene rings is 1. The molecule has 18 heavy (non-hydrogen) atoms. The lowest BCUT2D eigenvalue weighted by Crippen LogP contribution is -1.78. The van der Waals surface area contributed by atoms with Crippen LogP contribution in [0.4, 0.5) is 0 Å². The highest BCUT2D eigenvalue weighted by atomic mass is 32.1. The van der Waals surface area contributed by atoms with Gasteiger partial charge in [-0.2, -0.15) is 0 Å². The van der Waals surface area contributed by atoms with Crippen LogP contribution in [0.15, 0.2) is 47.8 Å². The molecular formula is C16H14S2. The highest BCUT2D eigenvalue weighted by Crippen LogP contribution is 2.42. The molecule has 0 radical (unpaired) electrons. The normalized spacial score (nSPS) is 10.8. The molecule has 0 aliphatic carbocycles. The van der Waals surface area contributed by atoms with Gasteiger partial charge in [0.25, 0.3) is 0 Å². The molecule has 3 aromatic rings. The fraction of sp³-hybridized carbons (Fsp3) is 0.125. The third-order valence-electron chi connectivity index (χ3n) is 3.13. The van der Waals surface area contributed by atoms with Gasteiger partial charge in [0.05, 0.1) is 0 Å². The van der Waals surface area contributed by atoms with Crippen LogP contribution >= 0.6 is 22.7 Å². The molecule has 0 N–H and O–H groups in total. The van der Waals surface area contributed by atoms with Crippen molar-refractivity contribution in [2.45, 2.75) is 13.8 Å². The quantitative estimate of drug-likeness (QED) is 0.555. The van der Waals surface area contributed by atoms with Crippen LogP contribution in [0, 0.1) is 13.8 Å². The van der Waals surface area contributed by atoms with Gasteiger partial charge in [0, 0.05) is 20.2 Å². The molecular weight excluding hydrogens is 256 g/mol. The maximum Gasteiger partial charge on any atom is 0.0381 e. The van der Waals surface area contributed by atoms with Crippen LogP contribution < -0.4 is 0 Å². The van der Waals surface area contributed by atoms with E-state index in [0.29, 0.717) is 0 Å². The maximum absolute atomic E-state index is 2.24. The van der Waals surface area contributed by atoms with E-state index in [1.165, 1.54) is 31.3 Å². The largest absolute Gasteiger partial charge is 0.144 e. The van der Waals surface area contributed by atoms with Gasteiger partial charge in [0.1, 0.15) is 0 Å². The van der Waals surface area contributed by atoms with Gasteiger partial charge in [-0.1, -0.05) is 36.4 Å². The molecule has 90 valence electrons. The Balaban J connectivity index is 2.18. The summed E-state index contributed by atoms with van der Waals surface area (Å²) in [6.07, 6.45) is 0. The highest BCUT2D eigenvalue weighted by Gasteiger charge is 2.15. The Kier molecular flexibility index (Phi) is 3.06. The molecule has 0 aliphatic heterocycles. The molecule has 0 aliphatic rings. The van der Waals surface area contributed by atoms with Gasteiger partial charge in [-0.15, -0.1) is 22.7 Å². The zero-order valence-corrected chi connectivity index (χ0v) is 12.1. The van der Waals surface area contributed by atoms with Crippen molar-refractivity contribution in [2.75, 3.05) is 0 Å². The Hall–Kier alpha value is -1.38. The fourth-order valence-corrected chi connectivity index (χ4v) is 4.43. The predicted octanol–water partition coefficient (Wildman–Crippen LogP) is 5.76. The number of rotatable bonds is 2. The monoisotopic (exact) mass is 270 g/mol. The van der Waals surface area contributed by atoms with Crippen molar-refractivity contribution in [3.8, 4) is 20.9 Å². The first kappa shape index (κ1) is 11.7. The van der Waals surface area contributed by atoms with Crippen LogP contribution in [0.25, 0.3) is 20.9 Å². The summed E-state index contributed by atoms with van der Waals surface area (Å²) < 4.78 is 0. The maximum atomic E-state index is 2.24. The second-order valence-electron chi connectivity index (χ2n) is 4.33.